The second kappa shape index (κ2) is 8.33. The molecule has 1 atom stereocenters. The van der Waals surface area contributed by atoms with Crippen LogP contribution in [-0.4, -0.2) is 24.6 Å². The van der Waals surface area contributed by atoms with Crippen molar-refractivity contribution in [2.24, 2.45) is 0 Å². The number of carbonyl (C=O) groups is 2. The van der Waals surface area contributed by atoms with Crippen LogP contribution in [0.1, 0.15) is 35.3 Å². The quantitative estimate of drug-likeness (QED) is 0.810. The first kappa shape index (κ1) is 18.5. The molecule has 2 rings (SSSR count). The maximum Gasteiger partial charge on any atom is 0.338 e. The maximum absolute atomic E-state index is 12.4. The van der Waals surface area contributed by atoms with Crippen LogP contribution in [0.25, 0.3) is 0 Å². The van der Waals surface area contributed by atoms with Gasteiger partial charge in [-0.25, -0.2) is 4.79 Å². The molecule has 0 aliphatic heterocycles. The molecule has 0 fully saturated rings. The van der Waals surface area contributed by atoms with Crippen LogP contribution in [-0.2, 0) is 9.53 Å². The monoisotopic (exact) mass is 341 g/mol. The van der Waals surface area contributed by atoms with Gasteiger partial charge in [-0.1, -0.05) is 23.8 Å². The number of rotatable bonds is 6. The molecule has 0 radical (unpaired) electrons. The van der Waals surface area contributed by atoms with E-state index in [0.29, 0.717) is 29.2 Å². The minimum Gasteiger partial charge on any atom is -0.481 e. The SMILES string of the molecule is CCOC(=O)c1cccc(NC(=O)C(C)Oc2ccc(C)cc2)c1C. The largest absolute Gasteiger partial charge is 0.481 e. The topological polar surface area (TPSA) is 64.6 Å². The van der Waals surface area contributed by atoms with Gasteiger partial charge in [-0.2, -0.15) is 0 Å². The standard InChI is InChI=1S/C20H23NO4/c1-5-24-20(23)17-7-6-8-18(14(17)3)21-19(22)15(4)25-16-11-9-13(2)10-12-16/h6-12,15H,5H2,1-4H3,(H,21,22). The second-order valence-electron chi connectivity index (χ2n) is 5.76. The van der Waals surface area contributed by atoms with Crippen molar-refractivity contribution in [2.45, 2.75) is 33.8 Å². The van der Waals surface area contributed by atoms with Crippen molar-refractivity contribution in [3.8, 4) is 5.75 Å². The van der Waals surface area contributed by atoms with Crippen LogP contribution in [0.2, 0.25) is 0 Å². The summed E-state index contributed by atoms with van der Waals surface area (Å²) >= 11 is 0. The van der Waals surface area contributed by atoms with E-state index in [1.54, 1.807) is 39.0 Å². The lowest BCUT2D eigenvalue weighted by Gasteiger charge is -2.17. The van der Waals surface area contributed by atoms with E-state index in [2.05, 4.69) is 5.32 Å². The van der Waals surface area contributed by atoms with E-state index in [0.717, 1.165) is 5.56 Å². The predicted octanol–water partition coefficient (Wildman–Crippen LogP) is 3.89. The number of esters is 1. The lowest BCUT2D eigenvalue weighted by molar-refractivity contribution is -0.122. The molecule has 0 saturated heterocycles. The third-order valence-corrected chi connectivity index (χ3v) is 3.79. The van der Waals surface area contributed by atoms with Crippen LogP contribution in [0.4, 0.5) is 5.69 Å². The highest BCUT2D eigenvalue weighted by atomic mass is 16.5. The van der Waals surface area contributed by atoms with E-state index in [-0.39, 0.29) is 5.91 Å². The van der Waals surface area contributed by atoms with Crippen molar-refractivity contribution in [1.29, 1.82) is 0 Å². The van der Waals surface area contributed by atoms with Crippen LogP contribution in [0, 0.1) is 13.8 Å². The van der Waals surface area contributed by atoms with E-state index < -0.39 is 12.1 Å². The summed E-state index contributed by atoms with van der Waals surface area (Å²) in [5.41, 5.74) is 2.79. The van der Waals surface area contributed by atoms with Crippen LogP contribution in [0.5, 0.6) is 5.75 Å². The summed E-state index contributed by atoms with van der Waals surface area (Å²) in [6, 6.07) is 12.6. The molecule has 1 unspecified atom stereocenters. The molecule has 1 amide bonds. The number of aryl methyl sites for hydroxylation is 1. The average Bonchev–Trinajstić information content (AvgIpc) is 2.58. The van der Waals surface area contributed by atoms with Crippen LogP contribution >= 0.6 is 0 Å². The first-order chi connectivity index (χ1) is 11.9. The summed E-state index contributed by atoms with van der Waals surface area (Å²) in [5.74, 6) is -0.0602. The Morgan fingerprint density at radius 1 is 1.08 bits per heavy atom. The van der Waals surface area contributed by atoms with E-state index >= 15 is 0 Å². The van der Waals surface area contributed by atoms with Gasteiger partial charge in [0, 0.05) is 5.69 Å². The molecule has 0 saturated carbocycles. The Labute approximate surface area is 148 Å². The lowest BCUT2D eigenvalue weighted by Crippen LogP contribution is -2.30. The summed E-state index contributed by atoms with van der Waals surface area (Å²) in [7, 11) is 0. The van der Waals surface area contributed by atoms with Crippen LogP contribution in [0.3, 0.4) is 0 Å². The molecule has 5 heteroatoms. The number of carbonyl (C=O) groups excluding carboxylic acids is 2. The Hall–Kier alpha value is -2.82. The smallest absolute Gasteiger partial charge is 0.338 e. The van der Waals surface area contributed by atoms with Crippen molar-refractivity contribution in [3.05, 3.63) is 59.2 Å². The number of benzene rings is 2. The van der Waals surface area contributed by atoms with Crippen molar-refractivity contribution >= 4 is 17.6 Å². The molecule has 25 heavy (non-hydrogen) atoms. The summed E-state index contributed by atoms with van der Waals surface area (Å²) in [5, 5.41) is 2.81. The Kier molecular flexibility index (Phi) is 6.17. The molecule has 2 aromatic rings. The molecule has 1 N–H and O–H groups in total. The van der Waals surface area contributed by atoms with Gasteiger partial charge in [-0.15, -0.1) is 0 Å². The highest BCUT2D eigenvalue weighted by molar-refractivity contribution is 5.98. The van der Waals surface area contributed by atoms with E-state index in [9.17, 15) is 9.59 Å². The van der Waals surface area contributed by atoms with Gasteiger partial charge in [0.25, 0.3) is 5.91 Å². The molecule has 0 aliphatic rings. The molecule has 0 spiro atoms. The fourth-order valence-electron chi connectivity index (χ4n) is 2.31. The van der Waals surface area contributed by atoms with E-state index in [4.69, 9.17) is 9.47 Å². The van der Waals surface area contributed by atoms with Crippen molar-refractivity contribution in [2.75, 3.05) is 11.9 Å². The molecule has 2 aromatic carbocycles. The molecule has 0 aliphatic carbocycles. The fourth-order valence-corrected chi connectivity index (χ4v) is 2.31. The molecule has 5 nitrogen and oxygen atoms in total. The highest BCUT2D eigenvalue weighted by Crippen LogP contribution is 2.21. The number of hydrogen-bond donors (Lipinski definition) is 1. The highest BCUT2D eigenvalue weighted by Gasteiger charge is 2.18. The Morgan fingerprint density at radius 3 is 2.40 bits per heavy atom. The first-order valence-electron chi connectivity index (χ1n) is 8.23. The summed E-state index contributed by atoms with van der Waals surface area (Å²) in [6.07, 6.45) is -0.673. The number of nitrogens with one attached hydrogen (secondary N) is 1. The normalized spacial score (nSPS) is 11.5. The first-order valence-corrected chi connectivity index (χ1v) is 8.23. The zero-order valence-electron chi connectivity index (χ0n) is 15.0. The average molecular weight is 341 g/mol. The molecule has 132 valence electrons. The van der Waals surface area contributed by atoms with Crippen LogP contribution in [0.15, 0.2) is 42.5 Å². The fraction of sp³-hybridized carbons (Fsp3) is 0.300. The van der Waals surface area contributed by atoms with Gasteiger partial charge < -0.3 is 14.8 Å². The molecule has 0 aromatic heterocycles. The Balaban J connectivity index is 2.08. The van der Waals surface area contributed by atoms with Gasteiger partial charge in [0.15, 0.2) is 6.10 Å². The third kappa shape index (κ3) is 4.83. The van der Waals surface area contributed by atoms with Crippen LogP contribution < -0.4 is 10.1 Å². The number of hydrogen-bond acceptors (Lipinski definition) is 4. The van der Waals surface area contributed by atoms with E-state index in [1.165, 1.54) is 0 Å². The van der Waals surface area contributed by atoms with Gasteiger partial charge in [-0.05, 0) is 57.5 Å². The zero-order chi connectivity index (χ0) is 18.4. The summed E-state index contributed by atoms with van der Waals surface area (Å²) in [6.45, 7) is 7.49. The predicted molar refractivity (Wildman–Crippen MR) is 97.0 cm³/mol. The van der Waals surface area contributed by atoms with Crippen molar-refractivity contribution in [1.82, 2.24) is 0 Å². The van der Waals surface area contributed by atoms with Gasteiger partial charge in [0.1, 0.15) is 5.75 Å². The molecular formula is C20H23NO4. The molecule has 0 bridgehead atoms. The van der Waals surface area contributed by atoms with Gasteiger partial charge in [0.2, 0.25) is 0 Å². The summed E-state index contributed by atoms with van der Waals surface area (Å²) < 4.78 is 10.7. The molecular weight excluding hydrogens is 318 g/mol. The van der Waals surface area contributed by atoms with E-state index in [1.807, 2.05) is 31.2 Å². The number of amides is 1. The van der Waals surface area contributed by atoms with Gasteiger partial charge in [0.05, 0.1) is 12.2 Å². The Bertz CT molecular complexity index is 753. The van der Waals surface area contributed by atoms with Gasteiger partial charge in [-0.3, -0.25) is 4.79 Å². The molecule has 0 heterocycles. The minimum atomic E-state index is -0.673. The summed E-state index contributed by atoms with van der Waals surface area (Å²) in [4.78, 5) is 24.3. The van der Waals surface area contributed by atoms with Crippen molar-refractivity contribution in [3.63, 3.8) is 0 Å². The number of anilines is 1. The number of ether oxygens (including phenoxy) is 2. The Morgan fingerprint density at radius 2 is 1.76 bits per heavy atom. The maximum atomic E-state index is 12.4. The van der Waals surface area contributed by atoms with Gasteiger partial charge >= 0.3 is 5.97 Å². The zero-order valence-corrected chi connectivity index (χ0v) is 15.0. The lowest BCUT2D eigenvalue weighted by atomic mass is 10.1. The second-order valence-corrected chi connectivity index (χ2v) is 5.76. The minimum absolute atomic E-state index is 0.287. The third-order valence-electron chi connectivity index (χ3n) is 3.79. The van der Waals surface area contributed by atoms with Crippen molar-refractivity contribution < 1.29 is 19.1 Å².